The molecule has 0 amide bonds. The van der Waals surface area contributed by atoms with Gasteiger partial charge < -0.3 is 5.32 Å². The molecule has 0 fully saturated rings. The maximum absolute atomic E-state index is 4.40. The third-order valence-corrected chi connectivity index (χ3v) is 4.03. The van der Waals surface area contributed by atoms with E-state index in [1.807, 2.05) is 24.9 Å². The van der Waals surface area contributed by atoms with Crippen LogP contribution in [0.1, 0.15) is 51.4 Å². The quantitative estimate of drug-likeness (QED) is 0.843. The fourth-order valence-corrected chi connectivity index (χ4v) is 2.59. The standard InChI is InChI=1S/C15H26N2S/c1-6-9-16-14(11-18-15(3,4)5)13-8-7-12(2)17-10-13/h7-8,10,14,16H,6,9,11H2,1-5H3. The summed E-state index contributed by atoms with van der Waals surface area (Å²) in [5.74, 6) is 1.09. The molecule has 18 heavy (non-hydrogen) atoms. The molecule has 1 heterocycles. The van der Waals surface area contributed by atoms with Crippen molar-refractivity contribution in [2.75, 3.05) is 12.3 Å². The van der Waals surface area contributed by atoms with Gasteiger partial charge in [0.15, 0.2) is 0 Å². The first-order valence-corrected chi connectivity index (χ1v) is 7.71. The van der Waals surface area contributed by atoms with Crippen LogP contribution in [0.25, 0.3) is 0 Å². The molecular weight excluding hydrogens is 240 g/mol. The molecule has 1 N–H and O–H groups in total. The van der Waals surface area contributed by atoms with E-state index in [1.165, 1.54) is 5.56 Å². The van der Waals surface area contributed by atoms with E-state index in [4.69, 9.17) is 0 Å². The van der Waals surface area contributed by atoms with Crippen molar-refractivity contribution in [3.63, 3.8) is 0 Å². The number of aromatic nitrogens is 1. The van der Waals surface area contributed by atoms with Crippen LogP contribution in [0.4, 0.5) is 0 Å². The van der Waals surface area contributed by atoms with E-state index in [-0.39, 0.29) is 0 Å². The van der Waals surface area contributed by atoms with Crippen molar-refractivity contribution in [1.82, 2.24) is 10.3 Å². The fraction of sp³-hybridized carbons (Fsp3) is 0.667. The number of hydrogen-bond donors (Lipinski definition) is 1. The number of pyridine rings is 1. The van der Waals surface area contributed by atoms with E-state index in [1.54, 1.807) is 0 Å². The van der Waals surface area contributed by atoms with E-state index in [0.717, 1.165) is 24.4 Å². The van der Waals surface area contributed by atoms with Crippen LogP contribution in [0.15, 0.2) is 18.3 Å². The van der Waals surface area contributed by atoms with Crippen molar-refractivity contribution in [3.05, 3.63) is 29.6 Å². The maximum Gasteiger partial charge on any atom is 0.0427 e. The van der Waals surface area contributed by atoms with E-state index in [0.29, 0.717) is 10.8 Å². The molecule has 0 aliphatic rings. The summed E-state index contributed by atoms with van der Waals surface area (Å²) in [4.78, 5) is 4.40. The Kier molecular flexibility index (Phi) is 6.16. The summed E-state index contributed by atoms with van der Waals surface area (Å²) in [5, 5.41) is 3.62. The fourth-order valence-electron chi connectivity index (χ4n) is 1.61. The molecular formula is C15H26N2S. The highest BCUT2D eigenvalue weighted by molar-refractivity contribution is 8.00. The molecule has 0 aromatic carbocycles. The van der Waals surface area contributed by atoms with Gasteiger partial charge in [0.25, 0.3) is 0 Å². The number of hydrogen-bond acceptors (Lipinski definition) is 3. The van der Waals surface area contributed by atoms with Crippen molar-refractivity contribution in [3.8, 4) is 0 Å². The van der Waals surface area contributed by atoms with E-state index in [2.05, 4.69) is 50.1 Å². The molecule has 102 valence electrons. The predicted octanol–water partition coefficient (Wildman–Crippen LogP) is 3.96. The minimum Gasteiger partial charge on any atom is -0.309 e. The average Bonchev–Trinajstić information content (AvgIpc) is 2.29. The summed E-state index contributed by atoms with van der Waals surface area (Å²) in [6.07, 6.45) is 3.17. The van der Waals surface area contributed by atoms with Crippen LogP contribution in [-0.2, 0) is 0 Å². The summed E-state index contributed by atoms with van der Waals surface area (Å²) in [6, 6.07) is 4.69. The normalized spacial score (nSPS) is 13.6. The van der Waals surface area contributed by atoms with E-state index >= 15 is 0 Å². The van der Waals surface area contributed by atoms with Gasteiger partial charge in [0.2, 0.25) is 0 Å². The largest absolute Gasteiger partial charge is 0.309 e. The summed E-state index contributed by atoms with van der Waals surface area (Å²) in [5.41, 5.74) is 2.38. The van der Waals surface area contributed by atoms with Gasteiger partial charge in [-0.05, 0) is 31.5 Å². The van der Waals surface area contributed by atoms with Gasteiger partial charge in [0.1, 0.15) is 0 Å². The molecule has 1 atom stereocenters. The summed E-state index contributed by atoms with van der Waals surface area (Å²) < 4.78 is 0.310. The Morgan fingerprint density at radius 3 is 2.56 bits per heavy atom. The number of nitrogens with one attached hydrogen (secondary N) is 1. The number of rotatable bonds is 6. The Bertz CT molecular complexity index is 341. The molecule has 2 nitrogen and oxygen atoms in total. The predicted molar refractivity (Wildman–Crippen MR) is 82.2 cm³/mol. The van der Waals surface area contributed by atoms with Gasteiger partial charge in [-0.1, -0.05) is 33.8 Å². The highest BCUT2D eigenvalue weighted by Gasteiger charge is 2.16. The molecule has 0 radical (unpaired) electrons. The second kappa shape index (κ2) is 7.15. The van der Waals surface area contributed by atoms with E-state index in [9.17, 15) is 0 Å². The van der Waals surface area contributed by atoms with Crippen LogP contribution in [0.2, 0.25) is 0 Å². The van der Waals surface area contributed by atoms with Crippen LogP contribution >= 0.6 is 11.8 Å². The highest BCUT2D eigenvalue weighted by Crippen LogP contribution is 2.28. The third-order valence-electron chi connectivity index (χ3n) is 2.66. The van der Waals surface area contributed by atoms with Crippen molar-refractivity contribution in [2.24, 2.45) is 0 Å². The van der Waals surface area contributed by atoms with Crippen LogP contribution in [0.5, 0.6) is 0 Å². The molecule has 0 aliphatic heterocycles. The molecule has 0 saturated heterocycles. The first-order valence-electron chi connectivity index (χ1n) is 6.72. The van der Waals surface area contributed by atoms with Crippen molar-refractivity contribution < 1.29 is 0 Å². The minimum atomic E-state index is 0.310. The van der Waals surface area contributed by atoms with E-state index < -0.39 is 0 Å². The topological polar surface area (TPSA) is 24.9 Å². The molecule has 0 spiro atoms. The molecule has 1 unspecified atom stereocenters. The Hall–Kier alpha value is -0.540. The Morgan fingerprint density at radius 1 is 1.33 bits per heavy atom. The molecule has 1 aromatic rings. The molecule has 0 bridgehead atoms. The Balaban J connectivity index is 2.68. The number of nitrogens with zero attached hydrogens (tertiary/aromatic N) is 1. The third kappa shape index (κ3) is 5.87. The van der Waals surface area contributed by atoms with Crippen LogP contribution in [-0.4, -0.2) is 22.0 Å². The lowest BCUT2D eigenvalue weighted by Gasteiger charge is -2.24. The second-order valence-corrected chi connectivity index (χ2v) is 7.51. The Morgan fingerprint density at radius 2 is 2.06 bits per heavy atom. The van der Waals surface area contributed by atoms with Crippen LogP contribution in [0.3, 0.4) is 0 Å². The van der Waals surface area contributed by atoms with Gasteiger partial charge in [0, 0.05) is 28.4 Å². The van der Waals surface area contributed by atoms with Crippen molar-refractivity contribution in [1.29, 1.82) is 0 Å². The van der Waals surface area contributed by atoms with Crippen molar-refractivity contribution in [2.45, 2.75) is 51.8 Å². The van der Waals surface area contributed by atoms with Crippen LogP contribution < -0.4 is 5.32 Å². The lowest BCUT2D eigenvalue weighted by atomic mass is 10.1. The monoisotopic (exact) mass is 266 g/mol. The smallest absolute Gasteiger partial charge is 0.0427 e. The van der Waals surface area contributed by atoms with Gasteiger partial charge in [-0.2, -0.15) is 11.8 Å². The SMILES string of the molecule is CCCNC(CSC(C)(C)C)c1ccc(C)nc1. The molecule has 3 heteroatoms. The van der Waals surface area contributed by atoms with Gasteiger partial charge in [-0.15, -0.1) is 0 Å². The van der Waals surface area contributed by atoms with Gasteiger partial charge >= 0.3 is 0 Å². The molecule has 0 saturated carbocycles. The number of aryl methyl sites for hydroxylation is 1. The van der Waals surface area contributed by atoms with Gasteiger partial charge in [-0.3, -0.25) is 4.98 Å². The zero-order valence-electron chi connectivity index (χ0n) is 12.3. The van der Waals surface area contributed by atoms with Gasteiger partial charge in [-0.25, -0.2) is 0 Å². The number of thioether (sulfide) groups is 1. The average molecular weight is 266 g/mol. The summed E-state index contributed by atoms with van der Waals surface area (Å²) >= 11 is 2.00. The Labute approximate surface area is 116 Å². The zero-order valence-corrected chi connectivity index (χ0v) is 13.1. The van der Waals surface area contributed by atoms with Crippen molar-refractivity contribution >= 4 is 11.8 Å². The minimum absolute atomic E-state index is 0.310. The zero-order chi connectivity index (χ0) is 13.6. The summed E-state index contributed by atoms with van der Waals surface area (Å²) in [7, 11) is 0. The lowest BCUT2D eigenvalue weighted by molar-refractivity contribution is 0.573. The summed E-state index contributed by atoms with van der Waals surface area (Å²) in [6.45, 7) is 12.1. The molecule has 1 aromatic heterocycles. The maximum atomic E-state index is 4.40. The van der Waals surface area contributed by atoms with Gasteiger partial charge in [0.05, 0.1) is 0 Å². The first-order chi connectivity index (χ1) is 8.42. The molecule has 0 aliphatic carbocycles. The second-order valence-electron chi connectivity index (χ2n) is 5.66. The lowest BCUT2D eigenvalue weighted by Crippen LogP contribution is -2.26. The van der Waals surface area contributed by atoms with Crippen LogP contribution in [0, 0.1) is 6.92 Å². The first kappa shape index (κ1) is 15.5. The molecule has 1 rings (SSSR count). The highest BCUT2D eigenvalue weighted by atomic mass is 32.2.